The van der Waals surface area contributed by atoms with Crippen molar-refractivity contribution in [1.29, 1.82) is 0 Å². The molecule has 1 aromatic carbocycles. The summed E-state index contributed by atoms with van der Waals surface area (Å²) in [5, 5.41) is 6.04. The van der Waals surface area contributed by atoms with Crippen LogP contribution in [0, 0.1) is 5.92 Å². The second-order valence-corrected chi connectivity index (χ2v) is 6.35. The molecular formula is C14H14F3N3O2S. The molecule has 0 spiro atoms. The summed E-state index contributed by atoms with van der Waals surface area (Å²) < 4.78 is 41.0. The Bertz CT molecular complexity index is 713. The molecule has 1 aromatic heterocycles. The Balaban J connectivity index is 1.61. The third kappa shape index (κ3) is 4.80. The van der Waals surface area contributed by atoms with Crippen LogP contribution in [0.25, 0.3) is 10.2 Å². The van der Waals surface area contributed by atoms with E-state index in [2.05, 4.69) is 20.4 Å². The van der Waals surface area contributed by atoms with Crippen molar-refractivity contribution in [2.24, 2.45) is 5.92 Å². The topological polar surface area (TPSA) is 63.2 Å². The molecule has 2 N–H and O–H groups in total. The highest BCUT2D eigenvalue weighted by Crippen LogP contribution is 2.31. The molecule has 0 radical (unpaired) electrons. The van der Waals surface area contributed by atoms with Crippen LogP contribution in [0.3, 0.4) is 0 Å². The molecule has 0 unspecified atom stereocenters. The molecular weight excluding hydrogens is 331 g/mol. The van der Waals surface area contributed by atoms with Gasteiger partial charge in [0.25, 0.3) is 0 Å². The van der Waals surface area contributed by atoms with E-state index >= 15 is 0 Å². The maximum atomic E-state index is 12.2. The molecule has 0 bridgehead atoms. The van der Waals surface area contributed by atoms with Gasteiger partial charge in [0.2, 0.25) is 5.91 Å². The van der Waals surface area contributed by atoms with Crippen molar-refractivity contribution in [3.8, 4) is 5.75 Å². The lowest BCUT2D eigenvalue weighted by Crippen LogP contribution is -2.29. The lowest BCUT2D eigenvalue weighted by Gasteiger charge is -2.07. The Hall–Kier alpha value is -1.87. The van der Waals surface area contributed by atoms with E-state index in [-0.39, 0.29) is 18.2 Å². The number of carbonyl (C=O) groups is 1. The van der Waals surface area contributed by atoms with Gasteiger partial charge >= 0.3 is 6.36 Å². The van der Waals surface area contributed by atoms with Gasteiger partial charge in [-0.25, -0.2) is 4.98 Å². The molecule has 1 fully saturated rings. The van der Waals surface area contributed by atoms with E-state index in [9.17, 15) is 18.0 Å². The lowest BCUT2D eigenvalue weighted by atomic mass is 10.3. The van der Waals surface area contributed by atoms with E-state index in [1.807, 2.05) is 0 Å². The normalized spacial score (nSPS) is 14.9. The molecule has 124 valence electrons. The van der Waals surface area contributed by atoms with Gasteiger partial charge in [0.15, 0.2) is 5.13 Å². The van der Waals surface area contributed by atoms with Crippen molar-refractivity contribution in [3.63, 3.8) is 0 Å². The van der Waals surface area contributed by atoms with Crippen molar-refractivity contribution in [2.75, 3.05) is 18.4 Å². The molecule has 23 heavy (non-hydrogen) atoms. The van der Waals surface area contributed by atoms with Gasteiger partial charge in [-0.05, 0) is 37.4 Å². The van der Waals surface area contributed by atoms with Gasteiger partial charge in [0.1, 0.15) is 5.75 Å². The molecule has 1 aliphatic rings. The highest BCUT2D eigenvalue weighted by atomic mass is 32.1. The Kier molecular flexibility index (Phi) is 4.40. The minimum atomic E-state index is -4.73. The van der Waals surface area contributed by atoms with Crippen molar-refractivity contribution in [2.45, 2.75) is 19.2 Å². The number of aromatic nitrogens is 1. The molecule has 3 rings (SSSR count). The largest absolute Gasteiger partial charge is 0.573 e. The van der Waals surface area contributed by atoms with Crippen LogP contribution < -0.4 is 15.4 Å². The van der Waals surface area contributed by atoms with E-state index in [1.165, 1.54) is 31.0 Å². The first kappa shape index (κ1) is 16.0. The predicted octanol–water partition coefficient (Wildman–Crippen LogP) is 3.13. The molecule has 0 atom stereocenters. The van der Waals surface area contributed by atoms with Crippen LogP contribution >= 0.6 is 11.3 Å². The van der Waals surface area contributed by atoms with E-state index in [1.54, 1.807) is 0 Å². The van der Waals surface area contributed by atoms with Crippen LogP contribution in [0.4, 0.5) is 18.3 Å². The first-order valence-electron chi connectivity index (χ1n) is 7.06. The number of anilines is 1. The number of hydrogen-bond donors (Lipinski definition) is 2. The Labute approximate surface area is 133 Å². The van der Waals surface area contributed by atoms with Gasteiger partial charge in [0, 0.05) is 6.07 Å². The van der Waals surface area contributed by atoms with E-state index in [0.29, 0.717) is 21.3 Å². The van der Waals surface area contributed by atoms with E-state index in [4.69, 9.17) is 0 Å². The number of thiazole rings is 1. The minimum Gasteiger partial charge on any atom is -0.406 e. The lowest BCUT2D eigenvalue weighted by molar-refractivity contribution is -0.274. The fourth-order valence-electron chi connectivity index (χ4n) is 2.03. The number of nitrogens with one attached hydrogen (secondary N) is 2. The van der Waals surface area contributed by atoms with E-state index in [0.717, 1.165) is 17.9 Å². The van der Waals surface area contributed by atoms with Crippen LogP contribution in [-0.4, -0.2) is 30.3 Å². The van der Waals surface area contributed by atoms with Crippen LogP contribution in [0.1, 0.15) is 12.8 Å². The SMILES string of the molecule is O=C(CNCC1CC1)Nc1nc2ccc(OC(F)(F)F)cc2s1. The van der Waals surface area contributed by atoms with Crippen molar-refractivity contribution < 1.29 is 22.7 Å². The molecule has 1 heterocycles. The average Bonchev–Trinajstić information content (AvgIpc) is 3.16. The number of rotatable bonds is 6. The zero-order chi connectivity index (χ0) is 16.4. The van der Waals surface area contributed by atoms with Crippen LogP contribution in [-0.2, 0) is 4.79 Å². The summed E-state index contributed by atoms with van der Waals surface area (Å²) in [6, 6.07) is 3.87. The number of fused-ring (bicyclic) bond motifs is 1. The first-order valence-corrected chi connectivity index (χ1v) is 7.87. The first-order chi connectivity index (χ1) is 10.9. The molecule has 1 amide bonds. The zero-order valence-electron chi connectivity index (χ0n) is 11.9. The summed E-state index contributed by atoms with van der Waals surface area (Å²) in [4.78, 5) is 15.9. The smallest absolute Gasteiger partial charge is 0.406 e. The van der Waals surface area contributed by atoms with Gasteiger partial charge in [-0.1, -0.05) is 11.3 Å². The fourth-order valence-corrected chi connectivity index (χ4v) is 2.94. The molecule has 1 saturated carbocycles. The average molecular weight is 345 g/mol. The molecule has 0 saturated heterocycles. The van der Waals surface area contributed by atoms with Gasteiger partial charge in [0.05, 0.1) is 16.8 Å². The number of benzene rings is 1. The number of nitrogens with zero attached hydrogens (tertiary/aromatic N) is 1. The Morgan fingerprint density at radius 2 is 2.17 bits per heavy atom. The fraction of sp³-hybridized carbons (Fsp3) is 0.429. The maximum absolute atomic E-state index is 12.2. The molecule has 9 heteroatoms. The zero-order valence-corrected chi connectivity index (χ0v) is 12.8. The summed E-state index contributed by atoms with van der Waals surface area (Å²) in [5.74, 6) is 0.145. The Morgan fingerprint density at radius 3 is 2.87 bits per heavy atom. The second-order valence-electron chi connectivity index (χ2n) is 5.32. The molecule has 1 aliphatic carbocycles. The summed E-state index contributed by atoms with van der Waals surface area (Å²) >= 11 is 1.10. The Morgan fingerprint density at radius 1 is 1.39 bits per heavy atom. The maximum Gasteiger partial charge on any atom is 0.573 e. The van der Waals surface area contributed by atoms with Crippen LogP contribution in [0.5, 0.6) is 5.75 Å². The number of hydrogen-bond acceptors (Lipinski definition) is 5. The standard InChI is InChI=1S/C14H14F3N3O2S/c15-14(16,17)22-9-3-4-10-11(5-9)23-13(19-10)20-12(21)7-18-6-8-1-2-8/h3-5,8,18H,1-2,6-7H2,(H,19,20,21). The minimum absolute atomic E-state index is 0.189. The number of halogens is 3. The highest BCUT2D eigenvalue weighted by Gasteiger charge is 2.31. The highest BCUT2D eigenvalue weighted by molar-refractivity contribution is 7.22. The molecule has 0 aliphatic heterocycles. The summed E-state index contributed by atoms with van der Waals surface area (Å²) in [7, 11) is 0. The van der Waals surface area contributed by atoms with Gasteiger partial charge in [-0.15, -0.1) is 13.2 Å². The number of alkyl halides is 3. The summed E-state index contributed by atoms with van der Waals surface area (Å²) in [6.45, 7) is 1.01. The van der Waals surface area contributed by atoms with Crippen molar-refractivity contribution in [3.05, 3.63) is 18.2 Å². The van der Waals surface area contributed by atoms with Crippen molar-refractivity contribution in [1.82, 2.24) is 10.3 Å². The molecule has 2 aromatic rings. The number of carbonyl (C=O) groups excluding carboxylic acids is 1. The van der Waals surface area contributed by atoms with Gasteiger partial charge < -0.3 is 15.4 Å². The summed E-state index contributed by atoms with van der Waals surface area (Å²) in [5.41, 5.74) is 0.505. The van der Waals surface area contributed by atoms with Crippen LogP contribution in [0.15, 0.2) is 18.2 Å². The summed E-state index contributed by atoms with van der Waals surface area (Å²) in [6.07, 6.45) is -2.33. The quantitative estimate of drug-likeness (QED) is 0.844. The van der Waals surface area contributed by atoms with Crippen molar-refractivity contribution >= 4 is 32.6 Å². The second kappa shape index (κ2) is 6.32. The van der Waals surface area contributed by atoms with E-state index < -0.39 is 6.36 Å². The van der Waals surface area contributed by atoms with Gasteiger partial charge in [-0.2, -0.15) is 0 Å². The third-order valence-corrected chi connectivity index (χ3v) is 4.19. The number of amides is 1. The monoisotopic (exact) mass is 345 g/mol. The third-order valence-electron chi connectivity index (χ3n) is 3.26. The predicted molar refractivity (Wildman–Crippen MR) is 80.5 cm³/mol. The molecule has 5 nitrogen and oxygen atoms in total. The number of ether oxygens (including phenoxy) is 1. The van der Waals surface area contributed by atoms with Gasteiger partial charge in [-0.3, -0.25) is 4.79 Å². The van der Waals surface area contributed by atoms with Crippen LogP contribution in [0.2, 0.25) is 0 Å².